The van der Waals surface area contributed by atoms with Gasteiger partial charge in [0, 0.05) is 23.5 Å². The van der Waals surface area contributed by atoms with Crippen LogP contribution < -0.4 is 4.57 Å². The van der Waals surface area contributed by atoms with Gasteiger partial charge in [-0.05, 0) is 48.2 Å². The molecule has 2 heteroatoms. The number of aromatic nitrogens is 2. The maximum Gasteiger partial charge on any atom is 0.244 e. The summed E-state index contributed by atoms with van der Waals surface area (Å²) in [6.45, 7) is 11.2. The van der Waals surface area contributed by atoms with Crippen LogP contribution in [0.2, 0.25) is 0 Å². The number of benzene rings is 2. The van der Waals surface area contributed by atoms with E-state index in [0.717, 1.165) is 5.69 Å². The van der Waals surface area contributed by atoms with Crippen LogP contribution in [0, 0.1) is 6.92 Å². The summed E-state index contributed by atoms with van der Waals surface area (Å²) in [7, 11) is 1.99. The molecule has 1 aliphatic carbocycles. The SMILES string of the molecule is [3H]c1n(C)c(C)c2[n+]1C(C)(C)c1cc3c(cc1-2)C(C)(C)c1ccccc1-3. The second-order valence-corrected chi connectivity index (χ2v) is 8.60. The van der Waals surface area contributed by atoms with E-state index in [2.05, 4.69) is 75.6 Å². The van der Waals surface area contributed by atoms with E-state index < -0.39 is 0 Å². The Balaban J connectivity index is 1.89. The first-order valence-corrected chi connectivity index (χ1v) is 9.05. The Morgan fingerprint density at radius 3 is 2.36 bits per heavy atom. The fraction of sp³-hybridized carbons (Fsp3) is 0.348. The van der Waals surface area contributed by atoms with E-state index in [9.17, 15) is 0 Å². The summed E-state index contributed by atoms with van der Waals surface area (Å²) < 4.78 is 12.8. The molecule has 0 bridgehead atoms. The average molecular weight is 331 g/mol. The summed E-state index contributed by atoms with van der Waals surface area (Å²) in [6.07, 6.45) is 0.568. The molecule has 1 aliphatic heterocycles. The van der Waals surface area contributed by atoms with Gasteiger partial charge in [-0.15, -0.1) is 0 Å². The quantitative estimate of drug-likeness (QED) is 0.528. The highest BCUT2D eigenvalue weighted by Crippen LogP contribution is 2.52. The van der Waals surface area contributed by atoms with Crippen molar-refractivity contribution in [1.82, 2.24) is 4.57 Å². The van der Waals surface area contributed by atoms with Crippen molar-refractivity contribution in [2.24, 2.45) is 7.05 Å². The molecule has 0 amide bonds. The van der Waals surface area contributed by atoms with Crippen LogP contribution >= 0.6 is 0 Å². The second kappa shape index (κ2) is 4.24. The van der Waals surface area contributed by atoms with Crippen molar-refractivity contribution in [2.45, 2.75) is 45.6 Å². The molecule has 0 unspecified atom stereocenters. The minimum atomic E-state index is -0.218. The van der Waals surface area contributed by atoms with E-state index in [1.807, 2.05) is 11.6 Å². The van der Waals surface area contributed by atoms with Crippen LogP contribution in [0.15, 0.2) is 42.7 Å². The molecule has 2 aliphatic rings. The lowest BCUT2D eigenvalue weighted by atomic mass is 9.80. The molecule has 3 aromatic rings. The van der Waals surface area contributed by atoms with Crippen LogP contribution in [0.3, 0.4) is 0 Å². The molecule has 126 valence electrons. The van der Waals surface area contributed by atoms with Gasteiger partial charge in [0.2, 0.25) is 6.30 Å². The molecule has 2 nitrogen and oxygen atoms in total. The van der Waals surface area contributed by atoms with Gasteiger partial charge in [-0.2, -0.15) is 0 Å². The Morgan fingerprint density at radius 2 is 1.60 bits per heavy atom. The van der Waals surface area contributed by atoms with Crippen LogP contribution in [0.1, 0.15) is 51.4 Å². The molecular weight excluding hydrogens is 304 g/mol. The third-order valence-electron chi connectivity index (χ3n) is 6.51. The van der Waals surface area contributed by atoms with Crippen molar-refractivity contribution in [2.75, 3.05) is 0 Å². The van der Waals surface area contributed by atoms with Crippen LogP contribution in [-0.2, 0) is 18.0 Å². The van der Waals surface area contributed by atoms with Crippen LogP contribution in [-0.4, -0.2) is 4.57 Å². The molecule has 0 atom stereocenters. The Bertz CT molecular complexity index is 1120. The lowest BCUT2D eigenvalue weighted by Gasteiger charge is -2.22. The smallest absolute Gasteiger partial charge is 0.236 e. The van der Waals surface area contributed by atoms with Crippen molar-refractivity contribution in [3.63, 3.8) is 0 Å². The van der Waals surface area contributed by atoms with Gasteiger partial charge in [-0.25, -0.2) is 9.13 Å². The van der Waals surface area contributed by atoms with Gasteiger partial charge in [0.05, 0.1) is 7.05 Å². The van der Waals surface area contributed by atoms with Crippen molar-refractivity contribution in [1.29, 1.82) is 0 Å². The first-order valence-electron chi connectivity index (χ1n) is 9.55. The molecule has 1 aromatic heterocycles. The first kappa shape index (κ1) is 13.9. The zero-order valence-corrected chi connectivity index (χ0v) is 15.9. The molecule has 0 saturated carbocycles. The minimum absolute atomic E-state index is 0.00496. The minimum Gasteiger partial charge on any atom is -0.236 e. The fourth-order valence-electron chi connectivity index (χ4n) is 4.89. The molecule has 0 N–H and O–H groups in total. The molecule has 0 fully saturated rings. The van der Waals surface area contributed by atoms with Gasteiger partial charge in [0.15, 0.2) is 7.06 Å². The third kappa shape index (κ3) is 1.58. The largest absolute Gasteiger partial charge is 0.244 e. The van der Waals surface area contributed by atoms with Crippen LogP contribution in [0.4, 0.5) is 0 Å². The summed E-state index contributed by atoms with van der Waals surface area (Å²) in [6, 6.07) is 13.6. The number of hydrogen-bond acceptors (Lipinski definition) is 0. The number of fused-ring (bicyclic) bond motifs is 6. The van der Waals surface area contributed by atoms with Crippen molar-refractivity contribution in [3.8, 4) is 22.4 Å². The highest BCUT2D eigenvalue weighted by atomic mass is 15.2. The monoisotopic (exact) mass is 331 g/mol. The van der Waals surface area contributed by atoms with E-state index in [-0.39, 0.29) is 11.0 Å². The second-order valence-electron chi connectivity index (χ2n) is 8.60. The molecule has 0 radical (unpaired) electrons. The number of nitrogens with zero attached hydrogens (tertiary/aromatic N) is 2. The van der Waals surface area contributed by atoms with Crippen LogP contribution in [0.25, 0.3) is 22.4 Å². The Labute approximate surface area is 151 Å². The standard InChI is InChI=1S/C23H25N2/c1-14-21-17-12-19-16(15-9-7-8-10-18(15)22(19,2)3)11-20(17)23(4,5)25(21)13-24(14)6/h7-13H,1-6H3/q+1/i13T. The summed E-state index contributed by atoms with van der Waals surface area (Å²) >= 11 is 0. The molecule has 2 heterocycles. The van der Waals surface area contributed by atoms with Gasteiger partial charge < -0.3 is 0 Å². The normalized spacial score (nSPS) is 18.4. The number of rotatable bonds is 0. The lowest BCUT2D eigenvalue weighted by Crippen LogP contribution is -2.49. The van der Waals surface area contributed by atoms with Gasteiger partial charge in [0.1, 0.15) is 11.2 Å². The summed E-state index contributed by atoms with van der Waals surface area (Å²) in [5, 5.41) is 0. The predicted molar refractivity (Wildman–Crippen MR) is 102 cm³/mol. The zero-order chi connectivity index (χ0) is 18.6. The van der Waals surface area contributed by atoms with E-state index in [0.29, 0.717) is 6.30 Å². The topological polar surface area (TPSA) is 8.81 Å². The predicted octanol–water partition coefficient (Wildman–Crippen LogP) is 4.69. The highest BCUT2D eigenvalue weighted by Gasteiger charge is 2.46. The van der Waals surface area contributed by atoms with E-state index in [1.165, 1.54) is 39.1 Å². The summed E-state index contributed by atoms with van der Waals surface area (Å²) in [4.78, 5) is 0. The summed E-state index contributed by atoms with van der Waals surface area (Å²) in [5.74, 6) is 0. The first-order chi connectivity index (χ1) is 12.2. The molecule has 5 rings (SSSR count). The highest BCUT2D eigenvalue weighted by molar-refractivity contribution is 5.85. The van der Waals surface area contributed by atoms with Gasteiger partial charge in [-0.1, -0.05) is 38.1 Å². The number of imidazole rings is 1. The Hall–Kier alpha value is -2.35. The maximum absolute atomic E-state index is 8.62. The molecule has 0 spiro atoms. The summed E-state index contributed by atoms with van der Waals surface area (Å²) in [5.41, 5.74) is 10.3. The van der Waals surface area contributed by atoms with Gasteiger partial charge in [-0.3, -0.25) is 0 Å². The molecular formula is C23H25N2+. The fourth-order valence-corrected chi connectivity index (χ4v) is 4.89. The van der Waals surface area contributed by atoms with Gasteiger partial charge in [0.25, 0.3) is 0 Å². The van der Waals surface area contributed by atoms with Crippen molar-refractivity contribution in [3.05, 3.63) is 65.1 Å². The van der Waals surface area contributed by atoms with Crippen molar-refractivity contribution >= 4 is 0 Å². The van der Waals surface area contributed by atoms with E-state index in [4.69, 9.17) is 1.37 Å². The molecule has 0 saturated heterocycles. The maximum atomic E-state index is 8.62. The lowest BCUT2D eigenvalue weighted by molar-refractivity contribution is -0.731. The van der Waals surface area contributed by atoms with E-state index in [1.54, 1.807) is 0 Å². The Morgan fingerprint density at radius 1 is 0.920 bits per heavy atom. The third-order valence-corrected chi connectivity index (χ3v) is 6.51. The van der Waals surface area contributed by atoms with E-state index >= 15 is 0 Å². The molecule has 2 aromatic carbocycles. The van der Waals surface area contributed by atoms with Crippen LogP contribution in [0.5, 0.6) is 0 Å². The molecule has 25 heavy (non-hydrogen) atoms. The zero-order valence-electron chi connectivity index (χ0n) is 16.9. The average Bonchev–Trinajstić information content (AvgIpc) is 3.08. The number of hydrogen-bond donors (Lipinski definition) is 0. The van der Waals surface area contributed by atoms with Gasteiger partial charge >= 0.3 is 0 Å². The van der Waals surface area contributed by atoms with Crippen molar-refractivity contribution < 1.29 is 5.94 Å². The Kier molecular flexibility index (Phi) is 2.36.